The second kappa shape index (κ2) is 12.6. The monoisotopic (exact) mass is 501 g/mol. The third-order valence-corrected chi connectivity index (χ3v) is 6.06. The fraction of sp³-hybridized carbons (Fsp3) is 0.407. The standard InChI is InChI=1S/C27H35NO8/c1-14(10-11-19-16(3)13-20(35-6)18(5)17(19)4)8-7-9-15(2)12-21(29)28-26-24(32)22(30)23(31)25(36-26)27(33)34/h7-13,22-26,30-32H,1-6H3,(H,28,29)(H,33,34)/b9-7+,11-10+,14-8+,15-12+/t22-,23-,24+,25-,26?/m0/s1. The van der Waals surface area contributed by atoms with E-state index in [1.54, 1.807) is 26.2 Å². The topological polar surface area (TPSA) is 146 Å². The summed E-state index contributed by atoms with van der Waals surface area (Å²) in [6, 6.07) is 2.02. The van der Waals surface area contributed by atoms with Gasteiger partial charge in [-0.25, -0.2) is 4.79 Å². The number of aliphatic carboxylic acids is 1. The van der Waals surface area contributed by atoms with Crippen molar-refractivity contribution in [3.63, 3.8) is 0 Å². The van der Waals surface area contributed by atoms with Crippen molar-refractivity contribution >= 4 is 18.0 Å². The molecule has 1 fully saturated rings. The number of aliphatic hydroxyl groups is 3. The molecule has 1 saturated heterocycles. The molecule has 1 aromatic carbocycles. The lowest BCUT2D eigenvalue weighted by molar-refractivity contribution is -0.233. The van der Waals surface area contributed by atoms with E-state index >= 15 is 0 Å². The largest absolute Gasteiger partial charge is 0.496 e. The number of benzene rings is 1. The van der Waals surface area contributed by atoms with Gasteiger partial charge in [-0.15, -0.1) is 0 Å². The summed E-state index contributed by atoms with van der Waals surface area (Å²) in [5, 5.41) is 41.0. The van der Waals surface area contributed by atoms with E-state index in [9.17, 15) is 24.9 Å². The summed E-state index contributed by atoms with van der Waals surface area (Å²) in [7, 11) is 1.66. The first kappa shape index (κ1) is 29.0. The fourth-order valence-electron chi connectivity index (χ4n) is 3.80. The summed E-state index contributed by atoms with van der Waals surface area (Å²) in [4.78, 5) is 23.5. The molecule has 9 heteroatoms. The van der Waals surface area contributed by atoms with Crippen molar-refractivity contribution in [1.82, 2.24) is 5.32 Å². The summed E-state index contributed by atoms with van der Waals surface area (Å²) in [6.07, 6.45) is 2.09. The van der Waals surface area contributed by atoms with E-state index in [0.29, 0.717) is 5.57 Å². The fourth-order valence-corrected chi connectivity index (χ4v) is 3.80. The molecule has 196 valence electrons. The van der Waals surface area contributed by atoms with Gasteiger partial charge >= 0.3 is 5.97 Å². The first-order valence-electron chi connectivity index (χ1n) is 11.5. The number of ether oxygens (including phenoxy) is 2. The molecule has 5 N–H and O–H groups in total. The van der Waals surface area contributed by atoms with Crippen molar-refractivity contribution in [1.29, 1.82) is 0 Å². The summed E-state index contributed by atoms with van der Waals surface area (Å²) >= 11 is 0. The minimum atomic E-state index is -1.82. The molecule has 2 rings (SSSR count). The summed E-state index contributed by atoms with van der Waals surface area (Å²) < 4.78 is 10.5. The highest BCUT2D eigenvalue weighted by Crippen LogP contribution is 2.28. The highest BCUT2D eigenvalue weighted by atomic mass is 16.6. The molecule has 1 aromatic rings. The molecule has 1 aliphatic rings. The van der Waals surface area contributed by atoms with Gasteiger partial charge in [-0.2, -0.15) is 0 Å². The Balaban J connectivity index is 2.03. The van der Waals surface area contributed by atoms with E-state index in [1.165, 1.54) is 6.08 Å². The molecule has 0 bridgehead atoms. The normalized spacial score (nSPS) is 25.4. The van der Waals surface area contributed by atoms with Crippen LogP contribution in [0.3, 0.4) is 0 Å². The number of aryl methyl sites for hydroxylation is 1. The first-order valence-corrected chi connectivity index (χ1v) is 11.5. The van der Waals surface area contributed by atoms with E-state index < -0.39 is 42.5 Å². The number of hydrogen-bond donors (Lipinski definition) is 5. The Morgan fingerprint density at radius 3 is 2.28 bits per heavy atom. The molecular formula is C27H35NO8. The SMILES string of the molecule is COc1cc(C)c(/C=C/C(C)=C/C=C/C(C)=C/C(=O)NC2O[C@H](C(=O)O)[C@@H](O)[C@H](O)[C@H]2O)c(C)c1C. The van der Waals surface area contributed by atoms with Gasteiger partial charge < -0.3 is 35.2 Å². The van der Waals surface area contributed by atoms with Gasteiger partial charge in [-0.1, -0.05) is 36.0 Å². The number of rotatable bonds is 8. The minimum absolute atomic E-state index is 0.582. The molecule has 5 atom stereocenters. The lowest BCUT2D eigenvalue weighted by Crippen LogP contribution is -2.64. The smallest absolute Gasteiger partial charge is 0.335 e. The van der Waals surface area contributed by atoms with Crippen LogP contribution in [0.4, 0.5) is 0 Å². The Morgan fingerprint density at radius 2 is 1.67 bits per heavy atom. The molecule has 1 amide bonds. The van der Waals surface area contributed by atoms with Crippen LogP contribution in [0, 0.1) is 20.8 Å². The number of allylic oxidation sites excluding steroid dienone is 6. The zero-order valence-electron chi connectivity index (χ0n) is 21.4. The molecule has 36 heavy (non-hydrogen) atoms. The quantitative estimate of drug-likeness (QED) is 0.269. The zero-order valence-corrected chi connectivity index (χ0v) is 21.4. The molecular weight excluding hydrogens is 466 g/mol. The highest BCUT2D eigenvalue weighted by Gasteiger charge is 2.47. The first-order chi connectivity index (χ1) is 16.9. The van der Waals surface area contributed by atoms with Gasteiger partial charge in [0.15, 0.2) is 12.3 Å². The van der Waals surface area contributed by atoms with Crippen LogP contribution in [-0.2, 0) is 14.3 Å². The predicted molar refractivity (Wildman–Crippen MR) is 135 cm³/mol. The van der Waals surface area contributed by atoms with Crippen LogP contribution in [0.15, 0.2) is 47.6 Å². The maximum absolute atomic E-state index is 12.3. The molecule has 0 radical (unpaired) electrons. The molecule has 0 saturated carbocycles. The average Bonchev–Trinajstić information content (AvgIpc) is 2.81. The van der Waals surface area contributed by atoms with E-state index in [4.69, 9.17) is 14.6 Å². The third kappa shape index (κ3) is 7.14. The van der Waals surface area contributed by atoms with Crippen molar-refractivity contribution in [3.05, 3.63) is 69.8 Å². The molecule has 0 spiro atoms. The maximum atomic E-state index is 12.3. The van der Waals surface area contributed by atoms with Gasteiger partial charge in [0.05, 0.1) is 7.11 Å². The number of aliphatic hydroxyl groups excluding tert-OH is 3. The predicted octanol–water partition coefficient (Wildman–Crippen LogP) is 2.09. The maximum Gasteiger partial charge on any atom is 0.335 e. The Morgan fingerprint density at radius 1 is 1.00 bits per heavy atom. The van der Waals surface area contributed by atoms with E-state index in [2.05, 4.69) is 18.3 Å². The minimum Gasteiger partial charge on any atom is -0.496 e. The van der Waals surface area contributed by atoms with E-state index in [1.807, 2.05) is 39.0 Å². The van der Waals surface area contributed by atoms with Crippen LogP contribution < -0.4 is 10.1 Å². The number of carboxylic acid groups (broad SMARTS) is 1. The number of carbonyl (C=O) groups is 2. The van der Waals surface area contributed by atoms with Crippen LogP contribution >= 0.6 is 0 Å². The molecule has 0 aliphatic carbocycles. The van der Waals surface area contributed by atoms with Crippen molar-refractivity contribution in [2.75, 3.05) is 7.11 Å². The molecule has 9 nitrogen and oxygen atoms in total. The second-order valence-electron chi connectivity index (χ2n) is 8.85. The summed E-state index contributed by atoms with van der Waals surface area (Å²) in [5.41, 5.74) is 6.06. The van der Waals surface area contributed by atoms with E-state index in [-0.39, 0.29) is 0 Å². The number of methoxy groups -OCH3 is 1. The summed E-state index contributed by atoms with van der Waals surface area (Å²) in [5.74, 6) is -1.31. The van der Waals surface area contributed by atoms with Crippen molar-refractivity contribution in [2.24, 2.45) is 0 Å². The molecule has 0 aromatic heterocycles. The van der Waals surface area contributed by atoms with Crippen LogP contribution in [-0.4, -0.2) is 70.1 Å². The van der Waals surface area contributed by atoms with Gasteiger partial charge in [-0.05, 0) is 68.5 Å². The van der Waals surface area contributed by atoms with Gasteiger partial charge in [0.1, 0.15) is 24.1 Å². The van der Waals surface area contributed by atoms with Crippen LogP contribution in [0.2, 0.25) is 0 Å². The molecule has 1 unspecified atom stereocenters. The van der Waals surface area contributed by atoms with Gasteiger partial charge in [0.25, 0.3) is 0 Å². The lowest BCUT2D eigenvalue weighted by Gasteiger charge is -2.38. The Bertz CT molecular complexity index is 1100. The van der Waals surface area contributed by atoms with Crippen LogP contribution in [0.25, 0.3) is 6.08 Å². The van der Waals surface area contributed by atoms with Crippen molar-refractivity contribution in [3.8, 4) is 5.75 Å². The Labute approximate surface area is 211 Å². The van der Waals surface area contributed by atoms with Crippen molar-refractivity contribution < 1.29 is 39.5 Å². The lowest BCUT2D eigenvalue weighted by atomic mass is 9.96. The number of carboxylic acids is 1. The number of hydrogen-bond acceptors (Lipinski definition) is 7. The van der Waals surface area contributed by atoms with Gasteiger partial charge in [0.2, 0.25) is 5.91 Å². The Hall–Kier alpha value is -3.24. The number of carbonyl (C=O) groups excluding carboxylic acids is 1. The van der Waals surface area contributed by atoms with Crippen LogP contribution in [0.5, 0.6) is 5.75 Å². The zero-order chi connectivity index (χ0) is 27.2. The highest BCUT2D eigenvalue weighted by molar-refractivity contribution is 5.88. The van der Waals surface area contributed by atoms with Crippen LogP contribution in [0.1, 0.15) is 36.1 Å². The average molecular weight is 502 g/mol. The number of amides is 1. The molecule has 1 aliphatic heterocycles. The number of nitrogens with one attached hydrogen (secondary N) is 1. The summed E-state index contributed by atoms with van der Waals surface area (Å²) in [6.45, 7) is 9.77. The molecule has 1 heterocycles. The van der Waals surface area contributed by atoms with Crippen molar-refractivity contribution in [2.45, 2.75) is 65.3 Å². The van der Waals surface area contributed by atoms with E-state index in [0.717, 1.165) is 33.6 Å². The third-order valence-electron chi connectivity index (χ3n) is 6.06. The van der Waals surface area contributed by atoms with Gasteiger partial charge in [0, 0.05) is 6.08 Å². The Kier molecular flexibility index (Phi) is 10.2. The second-order valence-corrected chi connectivity index (χ2v) is 8.85. The van der Waals surface area contributed by atoms with Gasteiger partial charge in [-0.3, -0.25) is 4.79 Å².